The summed E-state index contributed by atoms with van der Waals surface area (Å²) in [6.07, 6.45) is 7.08. The number of unbranched alkanes of at least 4 members (excludes halogenated alkanes) is 3. The Kier molecular flexibility index (Phi) is 5.58. The van der Waals surface area contributed by atoms with Crippen molar-refractivity contribution in [3.8, 4) is 0 Å². The largest absolute Gasteiger partial charge is 0.396 e. The molecule has 6 heteroatoms. The fraction of sp³-hybridized carbons (Fsp3) is 0.867. The molecule has 4 N–H and O–H groups in total. The van der Waals surface area contributed by atoms with Crippen LogP contribution >= 0.6 is 0 Å². The van der Waals surface area contributed by atoms with Crippen LogP contribution in [-0.2, 0) is 4.79 Å². The quantitative estimate of drug-likeness (QED) is 0.482. The molecule has 1 saturated carbocycles. The SMILES string of the molecule is NCC1CCCCC12NC(=O)N(CCCCCCO)C2=O. The predicted octanol–water partition coefficient (Wildman–Crippen LogP) is 0.979. The molecule has 0 aromatic carbocycles. The van der Waals surface area contributed by atoms with Gasteiger partial charge in [0.25, 0.3) is 5.91 Å². The van der Waals surface area contributed by atoms with Crippen LogP contribution in [0.3, 0.4) is 0 Å². The highest BCUT2D eigenvalue weighted by molar-refractivity contribution is 6.07. The van der Waals surface area contributed by atoms with E-state index in [0.717, 1.165) is 44.9 Å². The van der Waals surface area contributed by atoms with Gasteiger partial charge in [-0.25, -0.2) is 4.79 Å². The first kappa shape index (κ1) is 16.2. The number of aliphatic hydroxyl groups excluding tert-OH is 1. The maximum absolute atomic E-state index is 12.7. The summed E-state index contributed by atoms with van der Waals surface area (Å²) in [7, 11) is 0. The van der Waals surface area contributed by atoms with Crippen molar-refractivity contribution in [2.45, 2.75) is 56.9 Å². The lowest BCUT2D eigenvalue weighted by molar-refractivity contribution is -0.134. The summed E-state index contributed by atoms with van der Waals surface area (Å²) in [4.78, 5) is 26.2. The molecule has 21 heavy (non-hydrogen) atoms. The first-order chi connectivity index (χ1) is 10.2. The minimum Gasteiger partial charge on any atom is -0.396 e. The molecule has 120 valence electrons. The lowest BCUT2D eigenvalue weighted by Crippen LogP contribution is -2.57. The molecule has 1 aliphatic heterocycles. The molecule has 2 rings (SSSR count). The molecule has 0 aromatic heterocycles. The van der Waals surface area contributed by atoms with E-state index in [1.54, 1.807) is 0 Å². The second-order valence-electron chi connectivity index (χ2n) is 6.17. The number of carbonyl (C=O) groups excluding carboxylic acids is 2. The van der Waals surface area contributed by atoms with Crippen LogP contribution in [0.15, 0.2) is 0 Å². The monoisotopic (exact) mass is 297 g/mol. The number of nitrogens with one attached hydrogen (secondary N) is 1. The number of aliphatic hydroxyl groups is 1. The van der Waals surface area contributed by atoms with Crippen molar-refractivity contribution >= 4 is 11.9 Å². The summed E-state index contributed by atoms with van der Waals surface area (Å²) >= 11 is 0. The van der Waals surface area contributed by atoms with Crippen LogP contribution in [0.25, 0.3) is 0 Å². The topological polar surface area (TPSA) is 95.7 Å². The number of carbonyl (C=O) groups is 2. The zero-order chi connectivity index (χ0) is 15.3. The van der Waals surface area contributed by atoms with Gasteiger partial charge in [0, 0.05) is 19.1 Å². The zero-order valence-electron chi connectivity index (χ0n) is 12.6. The number of rotatable bonds is 7. The lowest BCUT2D eigenvalue weighted by atomic mass is 9.72. The van der Waals surface area contributed by atoms with Gasteiger partial charge in [-0.3, -0.25) is 9.69 Å². The summed E-state index contributed by atoms with van der Waals surface area (Å²) in [5.74, 6) is -0.0214. The van der Waals surface area contributed by atoms with E-state index >= 15 is 0 Å². The van der Waals surface area contributed by atoms with Gasteiger partial charge in [-0.1, -0.05) is 25.7 Å². The predicted molar refractivity (Wildman–Crippen MR) is 79.5 cm³/mol. The highest BCUT2D eigenvalue weighted by atomic mass is 16.3. The van der Waals surface area contributed by atoms with Crippen molar-refractivity contribution in [2.24, 2.45) is 11.7 Å². The fourth-order valence-corrected chi connectivity index (χ4v) is 3.59. The van der Waals surface area contributed by atoms with Crippen LogP contribution in [0.5, 0.6) is 0 Å². The number of amides is 3. The van der Waals surface area contributed by atoms with Crippen molar-refractivity contribution in [2.75, 3.05) is 19.7 Å². The van der Waals surface area contributed by atoms with Gasteiger partial charge in [-0.2, -0.15) is 0 Å². The van der Waals surface area contributed by atoms with E-state index in [1.807, 2.05) is 0 Å². The second-order valence-corrected chi connectivity index (χ2v) is 6.17. The summed E-state index contributed by atoms with van der Waals surface area (Å²) in [5.41, 5.74) is 5.08. The van der Waals surface area contributed by atoms with Crippen molar-refractivity contribution in [3.63, 3.8) is 0 Å². The highest BCUT2D eigenvalue weighted by Gasteiger charge is 2.55. The van der Waals surface area contributed by atoms with Gasteiger partial charge in [0.2, 0.25) is 0 Å². The van der Waals surface area contributed by atoms with Crippen molar-refractivity contribution in [1.82, 2.24) is 10.2 Å². The van der Waals surface area contributed by atoms with Crippen molar-refractivity contribution in [3.05, 3.63) is 0 Å². The highest BCUT2D eigenvalue weighted by Crippen LogP contribution is 2.38. The fourth-order valence-electron chi connectivity index (χ4n) is 3.59. The minimum atomic E-state index is -0.741. The number of urea groups is 1. The molecule has 1 heterocycles. The van der Waals surface area contributed by atoms with E-state index in [2.05, 4.69) is 5.32 Å². The van der Waals surface area contributed by atoms with Crippen LogP contribution < -0.4 is 11.1 Å². The third-order valence-electron chi connectivity index (χ3n) is 4.85. The molecule has 1 spiro atoms. The van der Waals surface area contributed by atoms with Gasteiger partial charge in [-0.05, 0) is 32.2 Å². The Morgan fingerprint density at radius 3 is 2.71 bits per heavy atom. The maximum Gasteiger partial charge on any atom is 0.325 e. The number of hydrogen-bond acceptors (Lipinski definition) is 4. The number of imide groups is 1. The Hall–Kier alpha value is -1.14. The maximum atomic E-state index is 12.7. The van der Waals surface area contributed by atoms with E-state index in [1.165, 1.54) is 4.90 Å². The standard InChI is InChI=1S/C15H27N3O3/c16-11-12-7-3-4-8-15(12)13(20)18(14(21)17-15)9-5-1-2-6-10-19/h12,19H,1-11,16H2,(H,17,21). The minimum absolute atomic E-state index is 0.0575. The third kappa shape index (κ3) is 3.21. The number of nitrogens with two attached hydrogens (primary N) is 1. The van der Waals surface area contributed by atoms with Crippen LogP contribution in [0, 0.1) is 5.92 Å². The third-order valence-corrected chi connectivity index (χ3v) is 4.85. The lowest BCUT2D eigenvalue weighted by Gasteiger charge is -2.38. The van der Waals surface area contributed by atoms with E-state index < -0.39 is 5.54 Å². The van der Waals surface area contributed by atoms with Gasteiger partial charge >= 0.3 is 6.03 Å². The molecule has 0 radical (unpaired) electrons. The number of nitrogens with zero attached hydrogens (tertiary/aromatic N) is 1. The summed E-state index contributed by atoms with van der Waals surface area (Å²) in [6.45, 7) is 1.11. The van der Waals surface area contributed by atoms with E-state index in [9.17, 15) is 9.59 Å². The van der Waals surface area contributed by atoms with Gasteiger partial charge < -0.3 is 16.2 Å². The van der Waals surface area contributed by atoms with Gasteiger partial charge in [0.15, 0.2) is 0 Å². The molecule has 2 unspecified atom stereocenters. The van der Waals surface area contributed by atoms with Gasteiger partial charge in [-0.15, -0.1) is 0 Å². The molecule has 0 bridgehead atoms. The Morgan fingerprint density at radius 1 is 1.24 bits per heavy atom. The first-order valence-electron chi connectivity index (χ1n) is 8.10. The smallest absolute Gasteiger partial charge is 0.325 e. The Labute approximate surface area is 126 Å². The second kappa shape index (κ2) is 7.22. The molecular weight excluding hydrogens is 270 g/mol. The van der Waals surface area contributed by atoms with Gasteiger partial charge in [0.1, 0.15) is 5.54 Å². The van der Waals surface area contributed by atoms with Gasteiger partial charge in [0.05, 0.1) is 0 Å². The first-order valence-corrected chi connectivity index (χ1v) is 8.10. The van der Waals surface area contributed by atoms with E-state index in [0.29, 0.717) is 19.5 Å². The number of hydrogen-bond donors (Lipinski definition) is 3. The Balaban J connectivity index is 1.95. The van der Waals surface area contributed by atoms with Crippen molar-refractivity contribution in [1.29, 1.82) is 0 Å². The molecular formula is C15H27N3O3. The molecule has 6 nitrogen and oxygen atoms in total. The van der Waals surface area contributed by atoms with Crippen LogP contribution in [0.2, 0.25) is 0 Å². The summed E-state index contributed by atoms with van der Waals surface area (Å²) in [5, 5.41) is 11.7. The normalized spacial score (nSPS) is 29.2. The molecule has 3 amide bonds. The molecule has 0 aromatic rings. The molecule has 1 aliphatic carbocycles. The average molecular weight is 297 g/mol. The van der Waals surface area contributed by atoms with E-state index in [4.69, 9.17) is 10.8 Å². The Morgan fingerprint density at radius 2 is 2.00 bits per heavy atom. The van der Waals surface area contributed by atoms with Crippen molar-refractivity contribution < 1.29 is 14.7 Å². The summed E-state index contributed by atoms with van der Waals surface area (Å²) in [6, 6.07) is -0.262. The Bertz CT molecular complexity index is 388. The molecule has 2 aliphatic rings. The van der Waals surface area contributed by atoms with Crippen LogP contribution in [-0.4, -0.2) is 47.2 Å². The molecule has 2 fully saturated rings. The summed E-state index contributed by atoms with van der Waals surface area (Å²) < 4.78 is 0. The molecule has 2 atom stereocenters. The zero-order valence-corrected chi connectivity index (χ0v) is 12.6. The van der Waals surface area contributed by atoms with E-state index in [-0.39, 0.29) is 24.5 Å². The van der Waals surface area contributed by atoms with Crippen LogP contribution in [0.4, 0.5) is 4.79 Å². The molecule has 1 saturated heterocycles. The average Bonchev–Trinajstić information content (AvgIpc) is 2.72. The van der Waals surface area contributed by atoms with Crippen LogP contribution in [0.1, 0.15) is 51.4 Å².